The molecule has 3 aromatic rings. The van der Waals surface area contributed by atoms with Crippen molar-refractivity contribution in [1.82, 2.24) is 14.6 Å². The predicted octanol–water partition coefficient (Wildman–Crippen LogP) is 4.39. The molecule has 4 rings (SSSR count). The molecule has 0 unspecified atom stereocenters. The van der Waals surface area contributed by atoms with Crippen molar-refractivity contribution in [2.45, 2.75) is 52.1 Å². The molecule has 1 aliphatic rings. The van der Waals surface area contributed by atoms with E-state index in [1.165, 1.54) is 10.4 Å². The van der Waals surface area contributed by atoms with Gasteiger partial charge in [0, 0.05) is 29.0 Å². The monoisotopic (exact) mass is 385 g/mol. The van der Waals surface area contributed by atoms with Gasteiger partial charge in [0.05, 0.1) is 12.4 Å². The zero-order valence-electron chi connectivity index (χ0n) is 15.8. The maximum atomic E-state index is 13.6. The number of rotatable bonds is 4. The Balaban J connectivity index is 1.79. The molecule has 0 saturated carbocycles. The van der Waals surface area contributed by atoms with Crippen molar-refractivity contribution >= 4 is 22.7 Å². The lowest BCUT2D eigenvalue weighted by molar-refractivity contribution is 0.440. The summed E-state index contributed by atoms with van der Waals surface area (Å²) in [4.78, 5) is 5.90. The molecular formula is C20H24FN5S. The number of nitrogens with one attached hydrogen (secondary N) is 1. The van der Waals surface area contributed by atoms with E-state index in [9.17, 15) is 4.39 Å². The van der Waals surface area contributed by atoms with Gasteiger partial charge < -0.3 is 11.1 Å². The Morgan fingerprint density at radius 1 is 1.37 bits per heavy atom. The van der Waals surface area contributed by atoms with Gasteiger partial charge in [-0.25, -0.2) is 13.9 Å². The third-order valence-electron chi connectivity index (χ3n) is 5.34. The molecule has 3 heterocycles. The van der Waals surface area contributed by atoms with E-state index >= 15 is 0 Å². The Kier molecular flexibility index (Phi) is 4.74. The maximum absolute atomic E-state index is 13.6. The highest BCUT2D eigenvalue weighted by molar-refractivity contribution is 7.09. The molecule has 0 fully saturated rings. The largest absolute Gasteiger partial charge is 0.363 e. The third kappa shape index (κ3) is 3.26. The molecule has 0 aliphatic heterocycles. The number of fused-ring (bicyclic) bond motifs is 1. The third-order valence-corrected chi connectivity index (χ3v) is 6.22. The zero-order chi connectivity index (χ0) is 19.1. The van der Waals surface area contributed by atoms with Gasteiger partial charge in [-0.05, 0) is 49.8 Å². The van der Waals surface area contributed by atoms with Gasteiger partial charge in [0.2, 0.25) is 0 Å². The molecule has 1 aliphatic carbocycles. The number of nitrogens with two attached hydrogens (primary N) is 1. The summed E-state index contributed by atoms with van der Waals surface area (Å²) in [6.07, 6.45) is 2.59. The topological polar surface area (TPSA) is 68.2 Å². The van der Waals surface area contributed by atoms with E-state index in [0.29, 0.717) is 18.7 Å². The van der Waals surface area contributed by atoms with E-state index in [1.807, 2.05) is 17.5 Å². The van der Waals surface area contributed by atoms with E-state index in [4.69, 9.17) is 5.73 Å². The number of halogens is 1. The van der Waals surface area contributed by atoms with E-state index in [2.05, 4.69) is 40.7 Å². The van der Waals surface area contributed by atoms with Gasteiger partial charge in [0.1, 0.15) is 11.3 Å². The molecule has 0 spiro atoms. The van der Waals surface area contributed by atoms with Gasteiger partial charge in [-0.15, -0.1) is 11.3 Å². The van der Waals surface area contributed by atoms with Crippen LogP contribution in [0.3, 0.4) is 0 Å². The normalized spacial score (nSPS) is 20.1. The van der Waals surface area contributed by atoms with E-state index in [0.717, 1.165) is 29.1 Å². The minimum atomic E-state index is -0.221. The van der Waals surface area contributed by atoms with Crippen molar-refractivity contribution < 1.29 is 4.39 Å². The van der Waals surface area contributed by atoms with Crippen LogP contribution in [0, 0.1) is 20.8 Å². The number of aryl methyl sites for hydroxylation is 3. The fourth-order valence-corrected chi connectivity index (χ4v) is 4.73. The molecule has 7 heteroatoms. The number of anilines is 1. The van der Waals surface area contributed by atoms with Crippen LogP contribution < -0.4 is 11.1 Å². The molecule has 3 aromatic heterocycles. The van der Waals surface area contributed by atoms with Gasteiger partial charge in [0.25, 0.3) is 0 Å². The molecule has 0 saturated heterocycles. The summed E-state index contributed by atoms with van der Waals surface area (Å²) in [5.41, 5.74) is 10.6. The first-order chi connectivity index (χ1) is 13.0. The van der Waals surface area contributed by atoms with Gasteiger partial charge in [-0.1, -0.05) is 12.1 Å². The van der Waals surface area contributed by atoms with Gasteiger partial charge in [0.15, 0.2) is 5.82 Å². The number of hydrogen-bond donors (Lipinski definition) is 2. The average Bonchev–Trinajstić information content (AvgIpc) is 3.22. The lowest BCUT2D eigenvalue weighted by Gasteiger charge is -2.27. The van der Waals surface area contributed by atoms with Gasteiger partial charge >= 0.3 is 0 Å². The number of nitrogens with zero attached hydrogens (tertiary/aromatic N) is 3. The summed E-state index contributed by atoms with van der Waals surface area (Å²) in [5, 5.41) is 10.2. The van der Waals surface area contributed by atoms with E-state index in [-0.39, 0.29) is 17.8 Å². The molecule has 0 bridgehead atoms. The van der Waals surface area contributed by atoms with Crippen molar-refractivity contribution in [2.75, 3.05) is 5.32 Å². The quantitative estimate of drug-likeness (QED) is 0.699. The Morgan fingerprint density at radius 2 is 2.19 bits per heavy atom. The molecule has 0 radical (unpaired) electrons. The number of aromatic nitrogens is 3. The second-order valence-corrected chi connectivity index (χ2v) is 8.22. The molecule has 27 heavy (non-hydrogen) atoms. The van der Waals surface area contributed by atoms with E-state index in [1.54, 1.807) is 17.4 Å². The standard InChI is InChI=1S/C20H24FN5S/c1-11-18(16-7-6-14(21)9-17(16)22)12(2)26-19(11)20(24-13(3)25-26)23-10-15-5-4-8-27-15/h4-6,8,16-17H,7,9-10,22H2,1-3H3,(H,23,24,25)/t16-,17-/m0/s1. The summed E-state index contributed by atoms with van der Waals surface area (Å²) >= 11 is 1.72. The Hall–Kier alpha value is -2.25. The fraction of sp³-hybridized carbons (Fsp3) is 0.400. The molecule has 0 amide bonds. The highest BCUT2D eigenvalue weighted by Gasteiger charge is 2.30. The van der Waals surface area contributed by atoms with Crippen LogP contribution >= 0.6 is 11.3 Å². The van der Waals surface area contributed by atoms with Crippen LogP contribution in [0.5, 0.6) is 0 Å². The first-order valence-corrected chi connectivity index (χ1v) is 10.1. The van der Waals surface area contributed by atoms with Gasteiger partial charge in [-0.3, -0.25) is 0 Å². The average molecular weight is 386 g/mol. The van der Waals surface area contributed by atoms with Crippen molar-refractivity contribution in [3.05, 3.63) is 56.9 Å². The minimum Gasteiger partial charge on any atom is -0.363 e. The van der Waals surface area contributed by atoms with Crippen LogP contribution in [0.2, 0.25) is 0 Å². The van der Waals surface area contributed by atoms with Crippen molar-refractivity contribution in [3.8, 4) is 0 Å². The van der Waals surface area contributed by atoms with Crippen molar-refractivity contribution in [2.24, 2.45) is 5.73 Å². The number of thiophene rings is 1. The maximum Gasteiger partial charge on any atom is 0.154 e. The Labute approximate surface area is 162 Å². The van der Waals surface area contributed by atoms with Crippen LogP contribution in [-0.2, 0) is 6.54 Å². The first kappa shape index (κ1) is 18.1. The predicted molar refractivity (Wildman–Crippen MR) is 108 cm³/mol. The van der Waals surface area contributed by atoms with Crippen molar-refractivity contribution in [3.63, 3.8) is 0 Å². The van der Waals surface area contributed by atoms with Gasteiger partial charge in [-0.2, -0.15) is 5.10 Å². The summed E-state index contributed by atoms with van der Waals surface area (Å²) in [6, 6.07) is 3.93. The Morgan fingerprint density at radius 3 is 2.89 bits per heavy atom. The van der Waals surface area contributed by atoms with Crippen LogP contribution in [0.4, 0.5) is 10.2 Å². The lowest BCUT2D eigenvalue weighted by atomic mass is 9.82. The highest BCUT2D eigenvalue weighted by atomic mass is 32.1. The Bertz CT molecular complexity index is 1010. The van der Waals surface area contributed by atoms with Crippen LogP contribution in [0.15, 0.2) is 29.4 Å². The minimum absolute atomic E-state index is 0.0941. The molecule has 142 valence electrons. The second-order valence-electron chi connectivity index (χ2n) is 7.19. The second kappa shape index (κ2) is 7.05. The van der Waals surface area contributed by atoms with E-state index < -0.39 is 0 Å². The molecule has 3 N–H and O–H groups in total. The summed E-state index contributed by atoms with van der Waals surface area (Å²) in [6.45, 7) is 6.77. The number of hydrogen-bond acceptors (Lipinski definition) is 5. The summed E-state index contributed by atoms with van der Waals surface area (Å²) in [7, 11) is 0. The number of allylic oxidation sites excluding steroid dienone is 1. The molecule has 0 aromatic carbocycles. The molecule has 5 nitrogen and oxygen atoms in total. The lowest BCUT2D eigenvalue weighted by Crippen LogP contribution is -2.31. The summed E-state index contributed by atoms with van der Waals surface area (Å²) < 4.78 is 15.6. The SMILES string of the molecule is Cc1nc(NCc2cccs2)c2c(C)c([C@H]3CC=C(F)C[C@@H]3N)c(C)n2n1. The molecule has 2 atom stereocenters. The molecular weight excluding hydrogens is 361 g/mol. The smallest absolute Gasteiger partial charge is 0.154 e. The van der Waals surface area contributed by atoms with Crippen LogP contribution in [0.25, 0.3) is 5.52 Å². The zero-order valence-corrected chi connectivity index (χ0v) is 16.6. The highest BCUT2D eigenvalue weighted by Crippen LogP contribution is 2.38. The first-order valence-electron chi connectivity index (χ1n) is 9.18. The fourth-order valence-electron chi connectivity index (χ4n) is 4.09. The van der Waals surface area contributed by atoms with Crippen LogP contribution in [0.1, 0.15) is 46.3 Å². The van der Waals surface area contributed by atoms with Crippen LogP contribution in [-0.4, -0.2) is 20.6 Å². The summed E-state index contributed by atoms with van der Waals surface area (Å²) in [5.74, 6) is 1.52. The van der Waals surface area contributed by atoms with Crippen molar-refractivity contribution in [1.29, 1.82) is 0 Å².